The second kappa shape index (κ2) is 5.02. The van der Waals surface area contributed by atoms with Gasteiger partial charge in [0.25, 0.3) is 11.8 Å². The van der Waals surface area contributed by atoms with E-state index in [9.17, 15) is 14.7 Å². The molecule has 0 radical (unpaired) electrons. The first-order valence-corrected chi connectivity index (χ1v) is 6.45. The number of fused-ring (bicyclic) bond motifs is 1. The number of benzene rings is 1. The molecule has 0 saturated heterocycles. The van der Waals surface area contributed by atoms with Gasteiger partial charge < -0.3 is 20.2 Å². The number of carbonyl (C=O) groups excluding carboxylic acids is 2. The summed E-state index contributed by atoms with van der Waals surface area (Å²) in [4.78, 5) is 23.8. The van der Waals surface area contributed by atoms with Crippen LogP contribution in [0.5, 0.6) is 0 Å². The normalized spacial score (nSPS) is 19.2. The van der Waals surface area contributed by atoms with E-state index in [1.54, 1.807) is 24.3 Å². The van der Waals surface area contributed by atoms with Crippen molar-refractivity contribution in [2.24, 2.45) is 0 Å². The smallest absolute Gasteiger partial charge is 0.291 e. The lowest BCUT2D eigenvalue weighted by Crippen LogP contribution is -2.33. The number of nitrogens with one attached hydrogen (secondary N) is 2. The van der Waals surface area contributed by atoms with E-state index in [-0.39, 0.29) is 17.7 Å². The van der Waals surface area contributed by atoms with Crippen LogP contribution in [-0.4, -0.2) is 16.9 Å². The predicted molar refractivity (Wildman–Crippen MR) is 75.9 cm³/mol. The molecule has 0 saturated carbocycles. The van der Waals surface area contributed by atoms with Crippen LogP contribution in [0.4, 0.5) is 11.4 Å². The zero-order valence-electron chi connectivity index (χ0n) is 11.3. The number of carbonyl (C=O) groups is 2. The standard InChI is InChI=1S/C15H11N3O4/c16-6-5-15(21)10-8-9(3-4-11(10)18-14(15)20)17-13(19)12-2-1-7-22-12/h1-4,7-8,21H,5H2,(H,17,19)(H,18,20). The summed E-state index contributed by atoms with van der Waals surface area (Å²) >= 11 is 0. The first-order valence-electron chi connectivity index (χ1n) is 6.45. The molecule has 0 fully saturated rings. The van der Waals surface area contributed by atoms with Gasteiger partial charge in [0, 0.05) is 16.9 Å². The Hall–Kier alpha value is -3.11. The number of furan rings is 1. The van der Waals surface area contributed by atoms with Crippen molar-refractivity contribution in [3.05, 3.63) is 47.9 Å². The summed E-state index contributed by atoms with van der Waals surface area (Å²) in [5, 5.41) is 24.3. The third-order valence-electron chi connectivity index (χ3n) is 3.43. The minimum absolute atomic E-state index is 0.141. The number of hydrogen-bond donors (Lipinski definition) is 3. The Kier molecular flexibility index (Phi) is 3.16. The molecule has 1 aliphatic rings. The predicted octanol–water partition coefficient (Wildman–Crippen LogP) is 1.59. The fraction of sp³-hybridized carbons (Fsp3) is 0.133. The molecule has 110 valence electrons. The van der Waals surface area contributed by atoms with Crippen LogP contribution in [0.15, 0.2) is 41.0 Å². The summed E-state index contributed by atoms with van der Waals surface area (Å²) in [5.41, 5.74) is -0.849. The third kappa shape index (κ3) is 2.12. The van der Waals surface area contributed by atoms with Crippen LogP contribution < -0.4 is 10.6 Å². The van der Waals surface area contributed by atoms with Crippen molar-refractivity contribution < 1.29 is 19.1 Å². The van der Waals surface area contributed by atoms with Crippen LogP contribution in [0.2, 0.25) is 0 Å². The van der Waals surface area contributed by atoms with Gasteiger partial charge in [0.05, 0.1) is 18.8 Å². The molecule has 1 atom stereocenters. The van der Waals surface area contributed by atoms with Crippen molar-refractivity contribution in [1.29, 1.82) is 5.26 Å². The maximum absolute atomic E-state index is 11.9. The molecule has 2 aromatic rings. The lowest BCUT2D eigenvalue weighted by atomic mass is 9.92. The van der Waals surface area contributed by atoms with Gasteiger partial charge in [-0.1, -0.05) is 0 Å². The Morgan fingerprint density at radius 2 is 2.27 bits per heavy atom. The molecule has 7 nitrogen and oxygen atoms in total. The highest BCUT2D eigenvalue weighted by Gasteiger charge is 2.45. The Balaban J connectivity index is 1.92. The highest BCUT2D eigenvalue weighted by Crippen LogP contribution is 2.39. The summed E-state index contributed by atoms with van der Waals surface area (Å²) in [6.07, 6.45) is 1.01. The second-order valence-corrected chi connectivity index (χ2v) is 4.84. The number of aliphatic hydroxyl groups is 1. The molecule has 1 unspecified atom stereocenters. The van der Waals surface area contributed by atoms with E-state index in [1.807, 2.05) is 0 Å². The molecule has 2 heterocycles. The monoisotopic (exact) mass is 297 g/mol. The topological polar surface area (TPSA) is 115 Å². The van der Waals surface area contributed by atoms with E-state index in [2.05, 4.69) is 10.6 Å². The highest BCUT2D eigenvalue weighted by molar-refractivity contribution is 6.06. The van der Waals surface area contributed by atoms with Crippen molar-refractivity contribution in [3.8, 4) is 6.07 Å². The summed E-state index contributed by atoms with van der Waals surface area (Å²) in [6, 6.07) is 9.49. The molecule has 3 rings (SSSR count). The first-order chi connectivity index (χ1) is 10.5. The van der Waals surface area contributed by atoms with Crippen LogP contribution in [0, 0.1) is 11.3 Å². The quantitative estimate of drug-likeness (QED) is 0.795. The van der Waals surface area contributed by atoms with E-state index in [0.29, 0.717) is 11.4 Å². The van der Waals surface area contributed by atoms with Gasteiger partial charge in [0.2, 0.25) is 0 Å². The Morgan fingerprint density at radius 3 is 2.95 bits per heavy atom. The Bertz CT molecular complexity index is 792. The molecule has 7 heteroatoms. The number of hydrogen-bond acceptors (Lipinski definition) is 5. The van der Waals surface area contributed by atoms with Crippen LogP contribution >= 0.6 is 0 Å². The van der Waals surface area contributed by atoms with Gasteiger partial charge in [-0.2, -0.15) is 5.26 Å². The summed E-state index contributed by atoms with van der Waals surface area (Å²) in [5.74, 6) is -0.966. The molecule has 3 N–H and O–H groups in total. The fourth-order valence-corrected chi connectivity index (χ4v) is 2.31. The van der Waals surface area contributed by atoms with E-state index >= 15 is 0 Å². The van der Waals surface area contributed by atoms with Gasteiger partial charge in [-0.25, -0.2) is 0 Å². The largest absolute Gasteiger partial charge is 0.459 e. The van der Waals surface area contributed by atoms with Gasteiger partial charge in [-0.05, 0) is 30.3 Å². The second-order valence-electron chi connectivity index (χ2n) is 4.84. The molecular formula is C15H11N3O4. The Morgan fingerprint density at radius 1 is 1.45 bits per heavy atom. The summed E-state index contributed by atoms with van der Waals surface area (Å²) in [7, 11) is 0. The molecule has 1 aromatic heterocycles. The average Bonchev–Trinajstić information content (AvgIpc) is 3.09. The minimum Gasteiger partial charge on any atom is -0.459 e. The molecule has 1 aliphatic heterocycles. The first kappa shape index (κ1) is 13.9. The molecule has 22 heavy (non-hydrogen) atoms. The van der Waals surface area contributed by atoms with Crippen molar-refractivity contribution in [1.82, 2.24) is 0 Å². The average molecular weight is 297 g/mol. The van der Waals surface area contributed by atoms with E-state index in [0.717, 1.165) is 0 Å². The van der Waals surface area contributed by atoms with Gasteiger partial charge in [0.1, 0.15) is 0 Å². The maximum atomic E-state index is 11.9. The lowest BCUT2D eigenvalue weighted by molar-refractivity contribution is -0.133. The van der Waals surface area contributed by atoms with Crippen LogP contribution in [0.25, 0.3) is 0 Å². The summed E-state index contributed by atoms with van der Waals surface area (Å²) < 4.78 is 4.99. The molecular weight excluding hydrogens is 286 g/mol. The lowest BCUT2D eigenvalue weighted by Gasteiger charge is -2.17. The molecule has 0 aliphatic carbocycles. The fourth-order valence-electron chi connectivity index (χ4n) is 2.31. The van der Waals surface area contributed by atoms with E-state index in [1.165, 1.54) is 18.4 Å². The van der Waals surface area contributed by atoms with Crippen molar-refractivity contribution in [2.75, 3.05) is 10.6 Å². The van der Waals surface area contributed by atoms with Crippen molar-refractivity contribution in [3.63, 3.8) is 0 Å². The SMILES string of the molecule is N#CCC1(O)C(=O)Nc2ccc(NC(=O)c3ccco3)cc21. The van der Waals surface area contributed by atoms with Crippen LogP contribution in [-0.2, 0) is 10.4 Å². The Labute approximate surface area is 125 Å². The summed E-state index contributed by atoms with van der Waals surface area (Å²) in [6.45, 7) is 0. The van der Waals surface area contributed by atoms with Gasteiger partial charge in [-0.3, -0.25) is 9.59 Å². The molecule has 0 spiro atoms. The van der Waals surface area contributed by atoms with Crippen molar-refractivity contribution >= 4 is 23.2 Å². The zero-order chi connectivity index (χ0) is 15.7. The third-order valence-corrected chi connectivity index (χ3v) is 3.43. The number of rotatable bonds is 3. The zero-order valence-corrected chi connectivity index (χ0v) is 11.3. The number of anilines is 2. The van der Waals surface area contributed by atoms with Gasteiger partial charge in [0.15, 0.2) is 11.4 Å². The number of nitriles is 1. The van der Waals surface area contributed by atoms with Crippen molar-refractivity contribution in [2.45, 2.75) is 12.0 Å². The van der Waals surface area contributed by atoms with Gasteiger partial charge >= 0.3 is 0 Å². The molecule has 2 amide bonds. The minimum atomic E-state index is -1.91. The van der Waals surface area contributed by atoms with E-state index in [4.69, 9.17) is 9.68 Å². The van der Waals surface area contributed by atoms with Crippen LogP contribution in [0.3, 0.4) is 0 Å². The van der Waals surface area contributed by atoms with E-state index < -0.39 is 17.4 Å². The maximum Gasteiger partial charge on any atom is 0.291 e. The van der Waals surface area contributed by atoms with Gasteiger partial charge in [-0.15, -0.1) is 0 Å². The molecule has 0 bridgehead atoms. The highest BCUT2D eigenvalue weighted by atomic mass is 16.3. The number of amides is 2. The molecule has 1 aromatic carbocycles. The van der Waals surface area contributed by atoms with Crippen LogP contribution in [0.1, 0.15) is 22.5 Å². The number of nitrogens with zero attached hydrogens (tertiary/aromatic N) is 1.